The van der Waals surface area contributed by atoms with E-state index in [9.17, 15) is 15.2 Å². The second kappa shape index (κ2) is 6.58. The van der Waals surface area contributed by atoms with E-state index in [1.54, 1.807) is 0 Å². The normalized spacial score (nSPS) is 13.2. The van der Waals surface area contributed by atoms with E-state index in [0.717, 1.165) is 5.54 Å². The SMILES string of the molecule is CC(O)c1cc([N+](=O)[O-])ccc1OC/C(Cl)=C/Cl. The van der Waals surface area contributed by atoms with Crippen molar-refractivity contribution in [3.05, 3.63) is 44.4 Å². The van der Waals surface area contributed by atoms with E-state index in [0.29, 0.717) is 11.3 Å². The Kier molecular flexibility index (Phi) is 5.40. The predicted molar refractivity (Wildman–Crippen MR) is 69.0 cm³/mol. The number of nitro groups is 1. The zero-order valence-corrected chi connectivity index (χ0v) is 11.0. The number of nitrogens with zero attached hydrogens (tertiary/aromatic N) is 1. The average molecular weight is 292 g/mol. The Hall–Kier alpha value is -1.30. The van der Waals surface area contributed by atoms with Gasteiger partial charge in [0.05, 0.1) is 16.1 Å². The third-order valence-corrected chi connectivity index (χ3v) is 2.73. The van der Waals surface area contributed by atoms with Crippen LogP contribution in [0.1, 0.15) is 18.6 Å². The molecule has 7 heteroatoms. The van der Waals surface area contributed by atoms with Gasteiger partial charge in [0, 0.05) is 23.2 Å². The zero-order valence-electron chi connectivity index (χ0n) is 9.47. The summed E-state index contributed by atoms with van der Waals surface area (Å²) in [4.78, 5) is 10.1. The summed E-state index contributed by atoms with van der Waals surface area (Å²) in [5.74, 6) is 0.326. The minimum Gasteiger partial charge on any atom is -0.488 e. The fraction of sp³-hybridized carbons (Fsp3) is 0.273. The summed E-state index contributed by atoms with van der Waals surface area (Å²) in [6, 6.07) is 3.97. The van der Waals surface area contributed by atoms with E-state index in [-0.39, 0.29) is 17.3 Å². The van der Waals surface area contributed by atoms with Crippen molar-refractivity contribution in [3.63, 3.8) is 0 Å². The van der Waals surface area contributed by atoms with Crippen LogP contribution in [0, 0.1) is 10.1 Å². The number of aliphatic hydroxyl groups is 1. The van der Waals surface area contributed by atoms with Gasteiger partial charge in [0.15, 0.2) is 0 Å². The lowest BCUT2D eigenvalue weighted by atomic mass is 10.1. The molecule has 0 spiro atoms. The fourth-order valence-corrected chi connectivity index (χ4v) is 1.40. The van der Waals surface area contributed by atoms with Crippen LogP contribution >= 0.6 is 23.2 Å². The van der Waals surface area contributed by atoms with Crippen molar-refractivity contribution in [2.45, 2.75) is 13.0 Å². The summed E-state index contributed by atoms with van der Waals surface area (Å²) in [6.07, 6.45) is -0.890. The molecule has 1 aromatic rings. The number of non-ortho nitro benzene ring substituents is 1. The zero-order chi connectivity index (χ0) is 13.7. The van der Waals surface area contributed by atoms with Crippen LogP contribution in [-0.2, 0) is 0 Å². The summed E-state index contributed by atoms with van der Waals surface area (Å²) in [5, 5.41) is 20.5. The van der Waals surface area contributed by atoms with Gasteiger partial charge in [0.1, 0.15) is 12.4 Å². The molecule has 0 heterocycles. The van der Waals surface area contributed by atoms with E-state index in [1.807, 2.05) is 0 Å². The Morgan fingerprint density at radius 3 is 2.83 bits per heavy atom. The van der Waals surface area contributed by atoms with Gasteiger partial charge in [-0.1, -0.05) is 23.2 Å². The largest absolute Gasteiger partial charge is 0.488 e. The number of hydrogen-bond acceptors (Lipinski definition) is 4. The van der Waals surface area contributed by atoms with Gasteiger partial charge in [-0.15, -0.1) is 0 Å². The predicted octanol–water partition coefficient (Wildman–Crippen LogP) is 3.35. The maximum absolute atomic E-state index is 10.6. The van der Waals surface area contributed by atoms with Crippen molar-refractivity contribution in [3.8, 4) is 5.75 Å². The highest BCUT2D eigenvalue weighted by atomic mass is 35.5. The third-order valence-electron chi connectivity index (χ3n) is 2.14. The lowest BCUT2D eigenvalue weighted by molar-refractivity contribution is -0.385. The van der Waals surface area contributed by atoms with E-state index >= 15 is 0 Å². The molecule has 0 bridgehead atoms. The molecule has 0 fully saturated rings. The van der Waals surface area contributed by atoms with Crippen LogP contribution in [0.25, 0.3) is 0 Å². The van der Waals surface area contributed by atoms with Gasteiger partial charge in [0.25, 0.3) is 5.69 Å². The number of benzene rings is 1. The number of aliphatic hydroxyl groups excluding tert-OH is 1. The summed E-state index contributed by atoms with van der Waals surface area (Å²) < 4.78 is 5.32. The molecule has 0 aliphatic heterocycles. The molecule has 1 atom stereocenters. The molecule has 0 aromatic heterocycles. The first-order chi connectivity index (χ1) is 8.45. The molecule has 0 radical (unpaired) electrons. The Labute approximate surface area is 114 Å². The van der Waals surface area contributed by atoms with Crippen LogP contribution in [0.3, 0.4) is 0 Å². The second-order valence-electron chi connectivity index (χ2n) is 3.50. The van der Waals surface area contributed by atoms with Crippen molar-refractivity contribution in [1.29, 1.82) is 0 Å². The van der Waals surface area contributed by atoms with Gasteiger partial charge in [-0.05, 0) is 13.0 Å². The van der Waals surface area contributed by atoms with Gasteiger partial charge in [0.2, 0.25) is 0 Å². The molecular formula is C11H11Cl2NO4. The van der Waals surface area contributed by atoms with Crippen molar-refractivity contribution in [2.24, 2.45) is 0 Å². The number of hydrogen-bond donors (Lipinski definition) is 1. The van der Waals surface area contributed by atoms with Crippen LogP contribution in [0.2, 0.25) is 0 Å². The molecule has 0 aliphatic carbocycles. The average Bonchev–Trinajstić information content (AvgIpc) is 2.35. The van der Waals surface area contributed by atoms with Gasteiger partial charge >= 0.3 is 0 Å². The molecule has 1 aromatic carbocycles. The van der Waals surface area contributed by atoms with Crippen molar-refractivity contribution >= 4 is 28.9 Å². The van der Waals surface area contributed by atoms with Gasteiger partial charge in [-0.25, -0.2) is 0 Å². The molecule has 0 saturated heterocycles. The lowest BCUT2D eigenvalue weighted by Crippen LogP contribution is -2.03. The third kappa shape index (κ3) is 3.87. The molecule has 5 nitrogen and oxygen atoms in total. The van der Waals surface area contributed by atoms with Gasteiger partial charge in [-0.3, -0.25) is 10.1 Å². The standard InChI is InChI=1S/C11H11Cl2NO4/c1-7(15)10-4-9(14(16)17)2-3-11(10)18-6-8(13)5-12/h2-5,7,15H,6H2,1H3/b8-5-. The molecule has 1 unspecified atom stereocenters. The highest BCUT2D eigenvalue weighted by Crippen LogP contribution is 2.29. The van der Waals surface area contributed by atoms with E-state index < -0.39 is 11.0 Å². The Morgan fingerprint density at radius 2 is 2.33 bits per heavy atom. The maximum atomic E-state index is 10.6. The molecule has 0 amide bonds. The highest BCUT2D eigenvalue weighted by Gasteiger charge is 2.15. The molecule has 0 aliphatic rings. The van der Waals surface area contributed by atoms with Crippen molar-refractivity contribution < 1.29 is 14.8 Å². The van der Waals surface area contributed by atoms with E-state index in [1.165, 1.54) is 25.1 Å². The Balaban J connectivity index is 3.00. The maximum Gasteiger partial charge on any atom is 0.270 e. The topological polar surface area (TPSA) is 72.6 Å². The van der Waals surface area contributed by atoms with Crippen LogP contribution in [0.4, 0.5) is 5.69 Å². The second-order valence-corrected chi connectivity index (χ2v) is 4.20. The van der Waals surface area contributed by atoms with Crippen LogP contribution in [0.15, 0.2) is 28.8 Å². The quantitative estimate of drug-likeness (QED) is 0.667. The first-order valence-corrected chi connectivity index (χ1v) is 5.81. The van der Waals surface area contributed by atoms with Gasteiger partial charge in [-0.2, -0.15) is 0 Å². The van der Waals surface area contributed by atoms with Crippen molar-refractivity contribution in [2.75, 3.05) is 6.61 Å². The molecule has 1 rings (SSSR count). The Morgan fingerprint density at radius 1 is 1.67 bits per heavy atom. The van der Waals surface area contributed by atoms with Crippen LogP contribution in [-0.4, -0.2) is 16.6 Å². The fourth-order valence-electron chi connectivity index (χ4n) is 1.29. The molecule has 18 heavy (non-hydrogen) atoms. The summed E-state index contributed by atoms with van der Waals surface area (Å²) >= 11 is 11.0. The van der Waals surface area contributed by atoms with Gasteiger partial charge < -0.3 is 9.84 Å². The molecule has 1 N–H and O–H groups in total. The van der Waals surface area contributed by atoms with E-state index in [2.05, 4.69) is 0 Å². The number of ether oxygens (including phenoxy) is 1. The molecule has 0 saturated carbocycles. The summed E-state index contributed by atoms with van der Waals surface area (Å²) in [6.45, 7) is 1.52. The minimum absolute atomic E-state index is 0.0303. The summed E-state index contributed by atoms with van der Waals surface area (Å²) in [7, 11) is 0. The smallest absolute Gasteiger partial charge is 0.270 e. The first-order valence-electron chi connectivity index (χ1n) is 4.99. The van der Waals surface area contributed by atoms with Crippen LogP contribution in [0.5, 0.6) is 5.75 Å². The lowest BCUT2D eigenvalue weighted by Gasteiger charge is -2.12. The minimum atomic E-state index is -0.890. The highest BCUT2D eigenvalue weighted by molar-refractivity contribution is 6.36. The monoisotopic (exact) mass is 291 g/mol. The van der Waals surface area contributed by atoms with Crippen molar-refractivity contribution in [1.82, 2.24) is 0 Å². The summed E-state index contributed by atoms with van der Waals surface area (Å²) in [5.41, 5.74) is 1.37. The number of halogens is 2. The Bertz CT molecular complexity index is 474. The van der Waals surface area contributed by atoms with E-state index in [4.69, 9.17) is 27.9 Å². The number of rotatable bonds is 5. The first kappa shape index (κ1) is 14.8. The molecule has 98 valence electrons. The molecular weight excluding hydrogens is 281 g/mol. The van der Waals surface area contributed by atoms with Crippen LogP contribution < -0.4 is 4.74 Å². The number of nitro benzene ring substituents is 1.